The van der Waals surface area contributed by atoms with Crippen LogP contribution in [0.25, 0.3) is 11.2 Å². The first-order valence-corrected chi connectivity index (χ1v) is 7.05. The zero-order valence-electron chi connectivity index (χ0n) is 12.7. The van der Waals surface area contributed by atoms with Gasteiger partial charge in [0, 0.05) is 14.1 Å². The molecule has 2 aromatic heterocycles. The summed E-state index contributed by atoms with van der Waals surface area (Å²) >= 11 is 0. The van der Waals surface area contributed by atoms with Gasteiger partial charge in [0.2, 0.25) is 0 Å². The molecular formula is C13H20N6O3. The number of hydrogen-bond donors (Lipinski definition) is 3. The van der Waals surface area contributed by atoms with Crippen LogP contribution in [0, 0.1) is 0 Å². The molecule has 9 nitrogen and oxygen atoms in total. The number of nitrogens with one attached hydrogen (secondary N) is 1. The van der Waals surface area contributed by atoms with E-state index in [1.165, 1.54) is 6.33 Å². The van der Waals surface area contributed by atoms with Crippen LogP contribution >= 0.6 is 0 Å². The number of rotatable bonds is 4. The van der Waals surface area contributed by atoms with Crippen LogP contribution in [0.4, 0.5) is 5.82 Å². The molecule has 0 bridgehead atoms. The van der Waals surface area contributed by atoms with E-state index in [4.69, 9.17) is 4.74 Å². The highest BCUT2D eigenvalue weighted by Crippen LogP contribution is 2.32. The molecule has 0 spiro atoms. The maximum Gasteiger partial charge on any atom is 0.167 e. The van der Waals surface area contributed by atoms with Gasteiger partial charge in [0.05, 0.1) is 19.0 Å². The van der Waals surface area contributed by atoms with Gasteiger partial charge in [0.1, 0.15) is 18.5 Å². The minimum Gasteiger partial charge on any atom is -0.394 e. The predicted octanol–water partition coefficient (Wildman–Crippen LogP) is -1.27. The number of anilines is 1. The van der Waals surface area contributed by atoms with Crippen LogP contribution in [-0.2, 0) is 4.74 Å². The number of fused-ring (bicyclic) bond motifs is 1. The van der Waals surface area contributed by atoms with E-state index >= 15 is 0 Å². The normalized spacial score (nSPS) is 28.4. The Morgan fingerprint density at radius 3 is 2.73 bits per heavy atom. The molecule has 0 amide bonds. The lowest BCUT2D eigenvalue weighted by Gasteiger charge is -2.18. The summed E-state index contributed by atoms with van der Waals surface area (Å²) in [6.07, 6.45) is 1.06. The van der Waals surface area contributed by atoms with Crippen LogP contribution in [0.3, 0.4) is 0 Å². The van der Waals surface area contributed by atoms with E-state index in [1.54, 1.807) is 17.9 Å². The lowest BCUT2D eigenvalue weighted by Crippen LogP contribution is -2.43. The molecule has 9 heteroatoms. The molecule has 22 heavy (non-hydrogen) atoms. The monoisotopic (exact) mass is 308 g/mol. The lowest BCUT2D eigenvalue weighted by molar-refractivity contribution is -0.0489. The van der Waals surface area contributed by atoms with Crippen molar-refractivity contribution in [3.63, 3.8) is 0 Å². The maximum absolute atomic E-state index is 10.5. The Balaban J connectivity index is 2.03. The summed E-state index contributed by atoms with van der Waals surface area (Å²) < 4.78 is 7.44. The number of ether oxygens (including phenoxy) is 1. The Labute approximate surface area is 127 Å². The second-order valence-electron chi connectivity index (χ2n) is 5.47. The fourth-order valence-electron chi connectivity index (χ4n) is 2.84. The summed E-state index contributed by atoms with van der Waals surface area (Å²) in [6, 6.07) is -0.359. The first-order valence-electron chi connectivity index (χ1n) is 7.05. The second-order valence-corrected chi connectivity index (χ2v) is 5.47. The van der Waals surface area contributed by atoms with Gasteiger partial charge in [0.15, 0.2) is 23.2 Å². The number of hydrogen-bond acceptors (Lipinski definition) is 8. The van der Waals surface area contributed by atoms with Crippen LogP contribution in [0.2, 0.25) is 0 Å². The summed E-state index contributed by atoms with van der Waals surface area (Å²) in [6.45, 7) is -0.177. The Kier molecular flexibility index (Phi) is 3.96. The van der Waals surface area contributed by atoms with Crippen LogP contribution in [-0.4, -0.2) is 75.7 Å². The Morgan fingerprint density at radius 1 is 1.36 bits per heavy atom. The number of aromatic nitrogens is 4. The second kappa shape index (κ2) is 5.76. The number of nitrogens with zero attached hydrogens (tertiary/aromatic N) is 5. The van der Waals surface area contributed by atoms with E-state index < -0.39 is 18.4 Å². The molecule has 0 aromatic carbocycles. The van der Waals surface area contributed by atoms with E-state index in [0.29, 0.717) is 17.0 Å². The van der Waals surface area contributed by atoms with Gasteiger partial charge in [-0.2, -0.15) is 0 Å². The molecular weight excluding hydrogens is 288 g/mol. The maximum atomic E-state index is 10.5. The minimum atomic E-state index is -0.822. The first kappa shape index (κ1) is 15.1. The fraction of sp³-hybridized carbons (Fsp3) is 0.615. The highest BCUT2D eigenvalue weighted by atomic mass is 16.5. The van der Waals surface area contributed by atoms with E-state index in [9.17, 15) is 10.2 Å². The topological polar surface area (TPSA) is 109 Å². The van der Waals surface area contributed by atoms with Crippen molar-refractivity contribution in [2.75, 3.05) is 32.6 Å². The molecule has 3 N–H and O–H groups in total. The average molecular weight is 308 g/mol. The van der Waals surface area contributed by atoms with E-state index in [-0.39, 0.29) is 12.6 Å². The summed E-state index contributed by atoms with van der Waals surface area (Å²) in [5.41, 5.74) is 1.22. The lowest BCUT2D eigenvalue weighted by atomic mass is 10.1. The fourth-order valence-corrected chi connectivity index (χ4v) is 2.84. The van der Waals surface area contributed by atoms with Crippen molar-refractivity contribution in [3.8, 4) is 0 Å². The zero-order valence-corrected chi connectivity index (χ0v) is 12.7. The van der Waals surface area contributed by atoms with Crippen molar-refractivity contribution in [1.29, 1.82) is 0 Å². The molecule has 4 unspecified atom stereocenters. The largest absolute Gasteiger partial charge is 0.394 e. The molecule has 3 heterocycles. The molecule has 0 saturated carbocycles. The van der Waals surface area contributed by atoms with Gasteiger partial charge in [-0.1, -0.05) is 0 Å². The van der Waals surface area contributed by atoms with Crippen molar-refractivity contribution < 1.29 is 14.9 Å². The average Bonchev–Trinajstić information content (AvgIpc) is 3.07. The van der Waals surface area contributed by atoms with E-state index in [2.05, 4.69) is 20.3 Å². The quantitative estimate of drug-likeness (QED) is 0.642. The SMILES string of the molecule is CNC1C(CO)OC(n2cnc3c(N(C)C)ncnc32)C1O. The van der Waals surface area contributed by atoms with Crippen molar-refractivity contribution >= 4 is 17.0 Å². The van der Waals surface area contributed by atoms with Gasteiger partial charge >= 0.3 is 0 Å². The third-order valence-corrected chi connectivity index (χ3v) is 3.93. The molecule has 0 aliphatic carbocycles. The molecule has 1 saturated heterocycles. The van der Waals surface area contributed by atoms with E-state index in [1.807, 2.05) is 19.0 Å². The summed E-state index contributed by atoms with van der Waals surface area (Å²) in [5.74, 6) is 0.695. The molecule has 2 aromatic rings. The molecule has 1 aliphatic rings. The first-order chi connectivity index (χ1) is 10.6. The molecule has 1 fully saturated rings. The molecule has 3 rings (SSSR count). The van der Waals surface area contributed by atoms with Crippen molar-refractivity contribution in [1.82, 2.24) is 24.8 Å². The van der Waals surface area contributed by atoms with Gasteiger partial charge in [0.25, 0.3) is 0 Å². The summed E-state index contributed by atoms with van der Waals surface area (Å²) in [4.78, 5) is 14.7. The standard InChI is InChI=1S/C13H20N6O3/c1-14-8-7(4-20)22-13(10(8)21)19-6-17-9-11(18(2)3)15-5-16-12(9)19/h5-8,10,13-14,20-21H,4H2,1-3H3. The Hall–Kier alpha value is -1.81. The Morgan fingerprint density at radius 2 is 2.14 bits per heavy atom. The summed E-state index contributed by atoms with van der Waals surface area (Å²) in [5, 5.41) is 22.8. The number of aliphatic hydroxyl groups is 2. The Bertz CT molecular complexity index is 660. The number of imidazole rings is 1. The van der Waals surface area contributed by atoms with Gasteiger partial charge in [-0.05, 0) is 7.05 Å². The van der Waals surface area contributed by atoms with Gasteiger partial charge in [-0.15, -0.1) is 0 Å². The highest BCUT2D eigenvalue weighted by Gasteiger charge is 2.44. The van der Waals surface area contributed by atoms with Crippen LogP contribution in [0.1, 0.15) is 6.23 Å². The summed E-state index contributed by atoms with van der Waals surface area (Å²) in [7, 11) is 5.47. The molecule has 4 atom stereocenters. The third kappa shape index (κ3) is 2.22. The number of likely N-dealkylation sites (N-methyl/N-ethyl adjacent to an activating group) is 1. The van der Waals surface area contributed by atoms with Crippen LogP contribution in [0.15, 0.2) is 12.7 Å². The van der Waals surface area contributed by atoms with Gasteiger partial charge in [-0.25, -0.2) is 15.0 Å². The zero-order chi connectivity index (χ0) is 15.9. The van der Waals surface area contributed by atoms with Crippen LogP contribution < -0.4 is 10.2 Å². The molecule has 1 aliphatic heterocycles. The van der Waals surface area contributed by atoms with E-state index in [0.717, 1.165) is 0 Å². The van der Waals surface area contributed by atoms with Gasteiger partial charge < -0.3 is 25.2 Å². The highest BCUT2D eigenvalue weighted by molar-refractivity contribution is 5.83. The van der Waals surface area contributed by atoms with Crippen molar-refractivity contribution in [3.05, 3.63) is 12.7 Å². The van der Waals surface area contributed by atoms with Crippen LogP contribution in [0.5, 0.6) is 0 Å². The third-order valence-electron chi connectivity index (χ3n) is 3.93. The van der Waals surface area contributed by atoms with Crippen molar-refractivity contribution in [2.45, 2.75) is 24.5 Å². The smallest absolute Gasteiger partial charge is 0.167 e. The minimum absolute atomic E-state index is 0.177. The van der Waals surface area contributed by atoms with Gasteiger partial charge in [-0.3, -0.25) is 4.57 Å². The van der Waals surface area contributed by atoms with Crippen molar-refractivity contribution in [2.24, 2.45) is 0 Å². The predicted molar refractivity (Wildman–Crippen MR) is 79.5 cm³/mol. The molecule has 0 radical (unpaired) electrons. The molecule has 120 valence electrons. The number of aliphatic hydroxyl groups excluding tert-OH is 2.